The van der Waals surface area contributed by atoms with Crippen LogP contribution >= 0.6 is 0 Å². The second kappa shape index (κ2) is 7.05. The number of ether oxygens (including phenoxy) is 4. The average molecular weight is 341 g/mol. The van der Waals surface area contributed by atoms with Crippen LogP contribution in [0.2, 0.25) is 0 Å². The molecule has 0 bridgehead atoms. The highest BCUT2D eigenvalue weighted by atomic mass is 16.5. The van der Waals surface area contributed by atoms with Gasteiger partial charge >= 0.3 is 0 Å². The number of hydrogen-bond donors (Lipinski definition) is 0. The maximum absolute atomic E-state index is 5.47. The molecule has 0 amide bonds. The van der Waals surface area contributed by atoms with Gasteiger partial charge in [-0.25, -0.2) is 0 Å². The zero-order valence-corrected chi connectivity index (χ0v) is 15.3. The fourth-order valence-corrected chi connectivity index (χ4v) is 3.18. The van der Waals surface area contributed by atoms with Crippen LogP contribution in [0.3, 0.4) is 0 Å². The van der Waals surface area contributed by atoms with Gasteiger partial charge in [-0.3, -0.25) is 4.99 Å². The third-order valence-corrected chi connectivity index (χ3v) is 4.39. The fourth-order valence-electron chi connectivity index (χ4n) is 3.18. The largest absolute Gasteiger partial charge is 0.493 e. The molecule has 1 aliphatic rings. The third kappa shape index (κ3) is 3.14. The van der Waals surface area contributed by atoms with Crippen LogP contribution in [0, 0.1) is 0 Å². The van der Waals surface area contributed by atoms with Gasteiger partial charge in [-0.1, -0.05) is 0 Å². The number of benzene rings is 2. The summed E-state index contributed by atoms with van der Waals surface area (Å²) in [6, 6.07) is 10.1. The summed E-state index contributed by atoms with van der Waals surface area (Å²) in [6.07, 6.45) is 0.868. The smallest absolute Gasteiger partial charge is 0.161 e. The van der Waals surface area contributed by atoms with Gasteiger partial charge in [0.05, 0.1) is 40.2 Å². The Labute approximate surface area is 148 Å². The Morgan fingerprint density at radius 3 is 2.04 bits per heavy atom. The van der Waals surface area contributed by atoms with Gasteiger partial charge < -0.3 is 18.9 Å². The van der Waals surface area contributed by atoms with Gasteiger partial charge in [0.25, 0.3) is 0 Å². The molecule has 0 N–H and O–H groups in total. The van der Waals surface area contributed by atoms with Crippen molar-refractivity contribution in [1.82, 2.24) is 0 Å². The number of hydrogen-bond acceptors (Lipinski definition) is 5. The van der Waals surface area contributed by atoms with Crippen LogP contribution in [0.5, 0.6) is 23.0 Å². The second-order valence-corrected chi connectivity index (χ2v) is 5.96. The van der Waals surface area contributed by atoms with Crippen molar-refractivity contribution in [3.05, 3.63) is 47.0 Å². The van der Waals surface area contributed by atoms with Gasteiger partial charge in [0.15, 0.2) is 23.0 Å². The highest BCUT2D eigenvalue weighted by Gasteiger charge is 2.23. The van der Waals surface area contributed by atoms with Crippen LogP contribution in [0.1, 0.15) is 23.6 Å². The van der Waals surface area contributed by atoms with E-state index in [-0.39, 0.29) is 6.04 Å². The first kappa shape index (κ1) is 17.1. The monoisotopic (exact) mass is 341 g/mol. The number of fused-ring (bicyclic) bond motifs is 1. The molecule has 2 aromatic rings. The highest BCUT2D eigenvalue weighted by molar-refractivity contribution is 6.15. The minimum Gasteiger partial charge on any atom is -0.493 e. The summed E-state index contributed by atoms with van der Waals surface area (Å²) in [6.45, 7) is 2.11. The van der Waals surface area contributed by atoms with Gasteiger partial charge in [-0.2, -0.15) is 0 Å². The molecule has 0 saturated carbocycles. The quantitative estimate of drug-likeness (QED) is 0.835. The predicted octanol–water partition coefficient (Wildman–Crippen LogP) is 3.50. The van der Waals surface area contributed by atoms with Crippen LogP contribution in [-0.4, -0.2) is 40.2 Å². The molecular formula is C20H23NO4. The first-order chi connectivity index (χ1) is 12.1. The highest BCUT2D eigenvalue weighted by Crippen LogP contribution is 2.36. The van der Waals surface area contributed by atoms with Gasteiger partial charge in [0.2, 0.25) is 0 Å². The summed E-state index contributed by atoms with van der Waals surface area (Å²) in [4.78, 5) is 4.88. The molecule has 25 heavy (non-hydrogen) atoms. The molecule has 3 rings (SSSR count). The van der Waals surface area contributed by atoms with Crippen molar-refractivity contribution in [3.63, 3.8) is 0 Å². The van der Waals surface area contributed by atoms with Gasteiger partial charge in [-0.15, -0.1) is 0 Å². The summed E-state index contributed by atoms with van der Waals surface area (Å²) >= 11 is 0. The van der Waals surface area contributed by atoms with E-state index in [1.165, 1.54) is 5.56 Å². The molecule has 0 saturated heterocycles. The van der Waals surface area contributed by atoms with Crippen LogP contribution in [0.15, 0.2) is 35.3 Å². The number of nitrogens with zero attached hydrogens (tertiary/aromatic N) is 1. The molecule has 0 spiro atoms. The molecule has 0 fully saturated rings. The van der Waals surface area contributed by atoms with Crippen LogP contribution in [0.25, 0.3) is 0 Å². The van der Waals surface area contributed by atoms with E-state index < -0.39 is 0 Å². The Morgan fingerprint density at radius 1 is 0.800 bits per heavy atom. The van der Waals surface area contributed by atoms with E-state index in [0.717, 1.165) is 29.0 Å². The lowest BCUT2D eigenvalue weighted by molar-refractivity contribution is 0.354. The molecule has 1 aliphatic heterocycles. The Balaban J connectivity index is 2.15. The summed E-state index contributed by atoms with van der Waals surface area (Å²) in [5.41, 5.74) is 4.17. The minimum atomic E-state index is 0.189. The van der Waals surface area contributed by atoms with Gasteiger partial charge in [0.1, 0.15) is 0 Å². The maximum atomic E-state index is 5.47. The lowest BCUT2D eigenvalue weighted by Crippen LogP contribution is -2.20. The minimum absolute atomic E-state index is 0.189. The Kier molecular flexibility index (Phi) is 4.83. The van der Waals surface area contributed by atoms with E-state index >= 15 is 0 Å². The van der Waals surface area contributed by atoms with Crippen molar-refractivity contribution in [3.8, 4) is 23.0 Å². The van der Waals surface area contributed by atoms with Gasteiger partial charge in [-0.05, 0) is 49.2 Å². The van der Waals surface area contributed by atoms with Crippen LogP contribution < -0.4 is 18.9 Å². The van der Waals surface area contributed by atoms with Crippen molar-refractivity contribution in [2.75, 3.05) is 28.4 Å². The summed E-state index contributed by atoms with van der Waals surface area (Å²) in [5.74, 6) is 2.82. The SMILES string of the molecule is COc1ccc(C2=NC(C)Cc3cc(OC)c(OC)cc32)cc1OC. The van der Waals surface area contributed by atoms with E-state index in [9.17, 15) is 0 Å². The van der Waals surface area contributed by atoms with E-state index in [1.807, 2.05) is 30.3 Å². The van der Waals surface area contributed by atoms with Crippen molar-refractivity contribution in [1.29, 1.82) is 0 Å². The standard InChI is InChI=1S/C20H23NO4/c1-12-8-14-10-18(24-4)19(25-5)11-15(14)20(21-12)13-6-7-16(22-2)17(9-13)23-3/h6-7,9-12H,8H2,1-5H3. The summed E-state index contributed by atoms with van der Waals surface area (Å²) < 4.78 is 21.7. The van der Waals surface area contributed by atoms with Crippen molar-refractivity contribution >= 4 is 5.71 Å². The van der Waals surface area contributed by atoms with Crippen LogP contribution in [0.4, 0.5) is 0 Å². The molecule has 2 aromatic carbocycles. The van der Waals surface area contributed by atoms with E-state index in [1.54, 1.807) is 28.4 Å². The zero-order chi connectivity index (χ0) is 18.0. The topological polar surface area (TPSA) is 49.3 Å². The number of rotatable bonds is 5. The Bertz CT molecular complexity index is 814. The van der Waals surface area contributed by atoms with Crippen molar-refractivity contribution < 1.29 is 18.9 Å². The molecule has 1 atom stereocenters. The first-order valence-electron chi connectivity index (χ1n) is 8.16. The Hall–Kier alpha value is -2.69. The fraction of sp³-hybridized carbons (Fsp3) is 0.350. The van der Waals surface area contributed by atoms with Crippen molar-refractivity contribution in [2.24, 2.45) is 4.99 Å². The van der Waals surface area contributed by atoms with Crippen LogP contribution in [-0.2, 0) is 6.42 Å². The predicted molar refractivity (Wildman–Crippen MR) is 97.9 cm³/mol. The third-order valence-electron chi connectivity index (χ3n) is 4.39. The molecule has 0 aromatic heterocycles. The second-order valence-electron chi connectivity index (χ2n) is 5.96. The van der Waals surface area contributed by atoms with E-state index in [0.29, 0.717) is 17.2 Å². The molecule has 0 radical (unpaired) electrons. The lowest BCUT2D eigenvalue weighted by Gasteiger charge is -2.23. The molecule has 132 valence electrons. The van der Waals surface area contributed by atoms with E-state index in [4.69, 9.17) is 23.9 Å². The number of methoxy groups -OCH3 is 4. The molecular weight excluding hydrogens is 318 g/mol. The molecule has 1 heterocycles. The molecule has 0 aliphatic carbocycles. The maximum Gasteiger partial charge on any atom is 0.161 e. The molecule has 5 nitrogen and oxygen atoms in total. The Morgan fingerprint density at radius 2 is 1.40 bits per heavy atom. The lowest BCUT2D eigenvalue weighted by atomic mass is 9.90. The zero-order valence-electron chi connectivity index (χ0n) is 15.3. The van der Waals surface area contributed by atoms with E-state index in [2.05, 4.69) is 6.92 Å². The van der Waals surface area contributed by atoms with Gasteiger partial charge in [0, 0.05) is 11.1 Å². The van der Waals surface area contributed by atoms with Crippen molar-refractivity contribution in [2.45, 2.75) is 19.4 Å². The normalized spacial score (nSPS) is 15.9. The number of aliphatic imine (C=N–C) groups is 1. The molecule has 5 heteroatoms. The molecule has 1 unspecified atom stereocenters. The summed E-state index contributed by atoms with van der Waals surface area (Å²) in [7, 11) is 6.56. The first-order valence-corrected chi connectivity index (χ1v) is 8.16. The summed E-state index contributed by atoms with van der Waals surface area (Å²) in [5, 5.41) is 0. The average Bonchev–Trinajstić information content (AvgIpc) is 2.65.